The lowest BCUT2D eigenvalue weighted by atomic mass is 10.1. The Labute approximate surface area is 137 Å². The summed E-state index contributed by atoms with van der Waals surface area (Å²) in [5, 5.41) is 6.44. The van der Waals surface area contributed by atoms with Gasteiger partial charge in [-0.05, 0) is 49.2 Å². The SMILES string of the molecule is Cc1ccc(Br)cc1NC(=O)NC(C)c1ccc(Cl)cc1. The summed E-state index contributed by atoms with van der Waals surface area (Å²) < 4.78 is 0.925. The number of nitrogens with one attached hydrogen (secondary N) is 2. The highest BCUT2D eigenvalue weighted by Gasteiger charge is 2.10. The number of hydrogen-bond acceptors (Lipinski definition) is 1. The molecule has 1 unspecified atom stereocenters. The van der Waals surface area contributed by atoms with Crippen LogP contribution in [0.4, 0.5) is 10.5 Å². The summed E-state index contributed by atoms with van der Waals surface area (Å²) in [5.41, 5.74) is 2.79. The third kappa shape index (κ3) is 4.48. The molecule has 5 heteroatoms. The third-order valence-electron chi connectivity index (χ3n) is 3.17. The van der Waals surface area contributed by atoms with Gasteiger partial charge in [-0.15, -0.1) is 0 Å². The molecule has 2 rings (SSSR count). The van der Waals surface area contributed by atoms with Gasteiger partial charge in [0.1, 0.15) is 0 Å². The van der Waals surface area contributed by atoms with Crippen LogP contribution in [-0.2, 0) is 0 Å². The molecule has 0 aliphatic heterocycles. The van der Waals surface area contributed by atoms with Crippen LogP contribution in [0, 0.1) is 6.92 Å². The van der Waals surface area contributed by atoms with Crippen LogP contribution < -0.4 is 10.6 Å². The van der Waals surface area contributed by atoms with Gasteiger partial charge in [-0.2, -0.15) is 0 Å². The van der Waals surface area contributed by atoms with Gasteiger partial charge in [0.25, 0.3) is 0 Å². The molecule has 2 aromatic carbocycles. The lowest BCUT2D eigenvalue weighted by Crippen LogP contribution is -2.31. The number of hydrogen-bond donors (Lipinski definition) is 2. The average Bonchev–Trinajstić information content (AvgIpc) is 2.43. The summed E-state index contributed by atoms with van der Waals surface area (Å²) >= 11 is 9.25. The van der Waals surface area contributed by atoms with E-state index in [1.165, 1.54) is 0 Å². The van der Waals surface area contributed by atoms with Crippen LogP contribution in [-0.4, -0.2) is 6.03 Å². The number of aryl methyl sites for hydroxylation is 1. The van der Waals surface area contributed by atoms with Gasteiger partial charge in [0, 0.05) is 15.2 Å². The maximum absolute atomic E-state index is 12.1. The zero-order chi connectivity index (χ0) is 15.4. The highest BCUT2D eigenvalue weighted by molar-refractivity contribution is 9.10. The zero-order valence-corrected chi connectivity index (χ0v) is 14.1. The van der Waals surface area contributed by atoms with Crippen molar-refractivity contribution in [2.24, 2.45) is 0 Å². The Morgan fingerprint density at radius 1 is 1.19 bits per heavy atom. The summed E-state index contributed by atoms with van der Waals surface area (Å²) in [6.07, 6.45) is 0. The summed E-state index contributed by atoms with van der Waals surface area (Å²) in [6.45, 7) is 3.88. The number of benzene rings is 2. The van der Waals surface area contributed by atoms with Gasteiger partial charge in [-0.1, -0.05) is 45.7 Å². The molecule has 0 aromatic heterocycles. The first kappa shape index (κ1) is 15.9. The number of rotatable bonds is 3. The maximum atomic E-state index is 12.1. The van der Waals surface area contributed by atoms with Gasteiger partial charge >= 0.3 is 6.03 Å². The maximum Gasteiger partial charge on any atom is 0.319 e. The number of anilines is 1. The van der Waals surface area contributed by atoms with E-state index in [1.54, 1.807) is 0 Å². The molecular formula is C16H16BrClN2O. The molecule has 3 nitrogen and oxygen atoms in total. The Bertz CT molecular complexity index is 643. The summed E-state index contributed by atoms with van der Waals surface area (Å²) in [6, 6.07) is 12.8. The Kier molecular flexibility index (Phi) is 5.26. The molecule has 0 heterocycles. The van der Waals surface area contributed by atoms with Crippen LogP contribution in [0.3, 0.4) is 0 Å². The average molecular weight is 368 g/mol. The Morgan fingerprint density at radius 3 is 2.52 bits per heavy atom. The topological polar surface area (TPSA) is 41.1 Å². The van der Waals surface area contributed by atoms with E-state index in [2.05, 4.69) is 26.6 Å². The van der Waals surface area contributed by atoms with Crippen LogP contribution in [0.1, 0.15) is 24.1 Å². The molecule has 0 spiro atoms. The van der Waals surface area contributed by atoms with Gasteiger partial charge < -0.3 is 10.6 Å². The highest BCUT2D eigenvalue weighted by atomic mass is 79.9. The van der Waals surface area contributed by atoms with E-state index in [-0.39, 0.29) is 12.1 Å². The molecule has 2 aromatic rings. The van der Waals surface area contributed by atoms with Gasteiger partial charge in [0.15, 0.2) is 0 Å². The second-order valence-electron chi connectivity index (χ2n) is 4.83. The molecule has 0 saturated carbocycles. The molecule has 21 heavy (non-hydrogen) atoms. The molecule has 2 N–H and O–H groups in total. The first-order valence-electron chi connectivity index (χ1n) is 6.55. The first-order valence-corrected chi connectivity index (χ1v) is 7.72. The Balaban J connectivity index is 2.01. The fourth-order valence-corrected chi connectivity index (χ4v) is 2.41. The Morgan fingerprint density at radius 2 is 1.86 bits per heavy atom. The van der Waals surface area contributed by atoms with Gasteiger partial charge in [0.2, 0.25) is 0 Å². The molecule has 0 fully saturated rings. The Hall–Kier alpha value is -1.52. The minimum Gasteiger partial charge on any atom is -0.331 e. The molecule has 0 radical (unpaired) electrons. The molecule has 0 bridgehead atoms. The summed E-state index contributed by atoms with van der Waals surface area (Å²) in [7, 11) is 0. The van der Waals surface area contributed by atoms with Crippen LogP contribution >= 0.6 is 27.5 Å². The van der Waals surface area contributed by atoms with Crippen LogP contribution in [0.2, 0.25) is 5.02 Å². The van der Waals surface area contributed by atoms with Crippen molar-refractivity contribution in [2.75, 3.05) is 5.32 Å². The first-order chi connectivity index (χ1) is 9.95. The van der Waals surface area contributed by atoms with E-state index in [0.29, 0.717) is 5.02 Å². The second-order valence-corrected chi connectivity index (χ2v) is 6.18. The van der Waals surface area contributed by atoms with Crippen molar-refractivity contribution < 1.29 is 4.79 Å². The standard InChI is InChI=1S/C16H16BrClN2O/c1-10-3-6-13(17)9-15(10)20-16(21)19-11(2)12-4-7-14(18)8-5-12/h3-9,11H,1-2H3,(H2,19,20,21). The fourth-order valence-electron chi connectivity index (χ4n) is 1.92. The molecule has 2 amide bonds. The van der Waals surface area contributed by atoms with Crippen LogP contribution in [0.15, 0.2) is 46.9 Å². The lowest BCUT2D eigenvalue weighted by molar-refractivity contribution is 0.249. The van der Waals surface area contributed by atoms with E-state index < -0.39 is 0 Å². The van der Waals surface area contributed by atoms with Gasteiger partial charge in [-0.25, -0.2) is 4.79 Å². The largest absolute Gasteiger partial charge is 0.331 e. The van der Waals surface area contributed by atoms with Crippen molar-refractivity contribution in [1.29, 1.82) is 0 Å². The fraction of sp³-hybridized carbons (Fsp3) is 0.188. The van der Waals surface area contributed by atoms with Gasteiger partial charge in [0.05, 0.1) is 6.04 Å². The quantitative estimate of drug-likeness (QED) is 0.760. The number of carbonyl (C=O) groups excluding carboxylic acids is 1. The van der Waals surface area contributed by atoms with E-state index >= 15 is 0 Å². The van der Waals surface area contributed by atoms with E-state index in [4.69, 9.17) is 11.6 Å². The normalized spacial score (nSPS) is 11.8. The second kappa shape index (κ2) is 6.96. The van der Waals surface area contributed by atoms with Crippen molar-refractivity contribution in [2.45, 2.75) is 19.9 Å². The molecular weight excluding hydrogens is 352 g/mol. The number of halogens is 2. The number of carbonyl (C=O) groups is 1. The van der Waals surface area contributed by atoms with Crippen molar-refractivity contribution in [3.8, 4) is 0 Å². The van der Waals surface area contributed by atoms with Crippen molar-refractivity contribution >= 4 is 39.2 Å². The van der Waals surface area contributed by atoms with Crippen molar-refractivity contribution in [3.05, 3.63) is 63.1 Å². The molecule has 0 aliphatic carbocycles. The minimum absolute atomic E-state index is 0.102. The number of urea groups is 1. The van der Waals surface area contributed by atoms with Crippen molar-refractivity contribution in [1.82, 2.24) is 5.32 Å². The molecule has 1 atom stereocenters. The minimum atomic E-state index is -0.237. The summed E-state index contributed by atoms with van der Waals surface area (Å²) in [5.74, 6) is 0. The predicted molar refractivity (Wildman–Crippen MR) is 90.9 cm³/mol. The molecule has 0 saturated heterocycles. The van der Waals surface area contributed by atoms with E-state index in [9.17, 15) is 4.79 Å². The smallest absolute Gasteiger partial charge is 0.319 e. The van der Waals surface area contributed by atoms with E-state index in [0.717, 1.165) is 21.3 Å². The molecule has 110 valence electrons. The summed E-state index contributed by atoms with van der Waals surface area (Å²) in [4.78, 5) is 12.1. The third-order valence-corrected chi connectivity index (χ3v) is 3.91. The van der Waals surface area contributed by atoms with Crippen LogP contribution in [0.5, 0.6) is 0 Å². The van der Waals surface area contributed by atoms with E-state index in [1.807, 2.05) is 56.3 Å². The highest BCUT2D eigenvalue weighted by Crippen LogP contribution is 2.21. The predicted octanol–water partition coefficient (Wildman–Crippen LogP) is 5.29. The number of amides is 2. The van der Waals surface area contributed by atoms with Crippen molar-refractivity contribution in [3.63, 3.8) is 0 Å². The van der Waals surface area contributed by atoms with Crippen LogP contribution in [0.25, 0.3) is 0 Å². The van der Waals surface area contributed by atoms with Gasteiger partial charge in [-0.3, -0.25) is 0 Å². The zero-order valence-electron chi connectivity index (χ0n) is 11.8. The monoisotopic (exact) mass is 366 g/mol. The molecule has 0 aliphatic rings. The lowest BCUT2D eigenvalue weighted by Gasteiger charge is -2.16.